The van der Waals surface area contributed by atoms with E-state index in [-0.39, 0.29) is 17.2 Å². The molecule has 6 heteroatoms. The molecule has 2 fully saturated rings. The minimum Gasteiger partial charge on any atom is -0.340 e. The first-order chi connectivity index (χ1) is 12.5. The Bertz CT molecular complexity index is 804. The molecule has 1 saturated carbocycles. The van der Waals surface area contributed by atoms with Gasteiger partial charge in [0.05, 0.1) is 4.90 Å². The highest BCUT2D eigenvalue weighted by Gasteiger charge is 2.35. The average molecular weight is 393 g/mol. The molecule has 0 unspecified atom stereocenters. The van der Waals surface area contributed by atoms with E-state index in [2.05, 4.69) is 20.8 Å². The molecule has 0 aromatic heterocycles. The van der Waals surface area contributed by atoms with E-state index in [1.165, 1.54) is 0 Å². The first kappa shape index (κ1) is 20.3. The lowest BCUT2D eigenvalue weighted by atomic mass is 9.84. The molecule has 1 aliphatic carbocycles. The van der Waals surface area contributed by atoms with Gasteiger partial charge in [0.15, 0.2) is 0 Å². The maximum Gasteiger partial charge on any atom is 0.243 e. The number of nitrogens with zero attached hydrogens (tertiary/aromatic N) is 2. The van der Waals surface area contributed by atoms with E-state index >= 15 is 0 Å². The molecule has 1 heterocycles. The third kappa shape index (κ3) is 3.92. The van der Waals surface area contributed by atoms with Crippen LogP contribution in [0.5, 0.6) is 0 Å². The molecule has 0 N–H and O–H groups in total. The largest absolute Gasteiger partial charge is 0.340 e. The second-order valence-electron chi connectivity index (χ2n) is 9.05. The summed E-state index contributed by atoms with van der Waals surface area (Å²) in [7, 11) is -3.55. The fourth-order valence-corrected chi connectivity index (χ4v) is 5.82. The van der Waals surface area contributed by atoms with Crippen molar-refractivity contribution in [1.29, 1.82) is 0 Å². The van der Waals surface area contributed by atoms with Crippen LogP contribution in [0.25, 0.3) is 0 Å². The smallest absolute Gasteiger partial charge is 0.243 e. The van der Waals surface area contributed by atoms with E-state index in [9.17, 15) is 13.2 Å². The SMILES string of the molecule is Cc1cc(C(C)(C)C)cc(C)c1S(=O)(=O)N1CCN(C(=O)C2CCC2)CC1. The highest BCUT2D eigenvalue weighted by atomic mass is 32.2. The summed E-state index contributed by atoms with van der Waals surface area (Å²) in [6, 6.07) is 3.99. The van der Waals surface area contributed by atoms with Crippen molar-refractivity contribution in [2.24, 2.45) is 5.92 Å². The third-order valence-electron chi connectivity index (χ3n) is 5.93. The van der Waals surface area contributed by atoms with E-state index in [0.29, 0.717) is 31.1 Å². The van der Waals surface area contributed by atoms with Crippen LogP contribution in [0.2, 0.25) is 0 Å². The number of hydrogen-bond donors (Lipinski definition) is 0. The maximum absolute atomic E-state index is 13.3. The second-order valence-corrected chi connectivity index (χ2v) is 10.9. The van der Waals surface area contributed by atoms with Crippen LogP contribution in [0.1, 0.15) is 56.7 Å². The van der Waals surface area contributed by atoms with Gasteiger partial charge in [0.2, 0.25) is 15.9 Å². The third-order valence-corrected chi connectivity index (χ3v) is 8.13. The summed E-state index contributed by atoms with van der Waals surface area (Å²) in [6.45, 7) is 11.9. The first-order valence-corrected chi connectivity index (χ1v) is 11.4. The Labute approximate surface area is 163 Å². The fraction of sp³-hybridized carbons (Fsp3) is 0.667. The predicted octanol–water partition coefficient (Wildman–Crippen LogP) is 3.23. The minimum atomic E-state index is -3.55. The highest BCUT2D eigenvalue weighted by Crippen LogP contribution is 2.32. The molecule has 150 valence electrons. The van der Waals surface area contributed by atoms with Gasteiger partial charge in [-0.2, -0.15) is 4.31 Å². The Morgan fingerprint density at radius 3 is 1.93 bits per heavy atom. The van der Waals surface area contributed by atoms with Crippen LogP contribution >= 0.6 is 0 Å². The number of carbonyl (C=O) groups is 1. The van der Waals surface area contributed by atoms with E-state index in [0.717, 1.165) is 36.0 Å². The van der Waals surface area contributed by atoms with Gasteiger partial charge in [-0.3, -0.25) is 4.79 Å². The summed E-state index contributed by atoms with van der Waals surface area (Å²) in [5, 5.41) is 0. The Morgan fingerprint density at radius 1 is 1.00 bits per heavy atom. The van der Waals surface area contributed by atoms with Crippen molar-refractivity contribution in [2.45, 2.75) is 64.2 Å². The van der Waals surface area contributed by atoms with Crippen LogP contribution in [-0.2, 0) is 20.2 Å². The Balaban J connectivity index is 1.78. The molecule has 2 aliphatic rings. The average Bonchev–Trinajstić information content (AvgIpc) is 2.51. The van der Waals surface area contributed by atoms with E-state index < -0.39 is 10.0 Å². The fourth-order valence-electron chi connectivity index (χ4n) is 3.98. The summed E-state index contributed by atoms with van der Waals surface area (Å²) in [6.07, 6.45) is 3.10. The van der Waals surface area contributed by atoms with Crippen molar-refractivity contribution in [2.75, 3.05) is 26.2 Å². The molecule has 1 aliphatic heterocycles. The number of rotatable bonds is 3. The van der Waals surface area contributed by atoms with Crippen molar-refractivity contribution in [3.63, 3.8) is 0 Å². The number of hydrogen-bond acceptors (Lipinski definition) is 3. The topological polar surface area (TPSA) is 57.7 Å². The van der Waals surface area contributed by atoms with Gasteiger partial charge in [-0.1, -0.05) is 39.3 Å². The lowest BCUT2D eigenvalue weighted by Crippen LogP contribution is -2.52. The molecule has 27 heavy (non-hydrogen) atoms. The molecule has 0 bridgehead atoms. The predicted molar refractivity (Wildman–Crippen MR) is 107 cm³/mol. The zero-order valence-corrected chi connectivity index (χ0v) is 18.0. The van der Waals surface area contributed by atoms with Crippen molar-refractivity contribution in [1.82, 2.24) is 9.21 Å². The summed E-state index contributed by atoms with van der Waals surface area (Å²) in [4.78, 5) is 14.7. The van der Waals surface area contributed by atoms with Gasteiger partial charge < -0.3 is 4.90 Å². The molecule has 5 nitrogen and oxygen atoms in total. The maximum atomic E-state index is 13.3. The molecule has 1 aromatic carbocycles. The number of piperazine rings is 1. The van der Waals surface area contributed by atoms with Crippen LogP contribution < -0.4 is 0 Å². The lowest BCUT2D eigenvalue weighted by molar-refractivity contribution is -0.139. The van der Waals surface area contributed by atoms with Gasteiger partial charge in [-0.15, -0.1) is 0 Å². The van der Waals surface area contributed by atoms with Gasteiger partial charge in [0.1, 0.15) is 0 Å². The molecule has 1 aromatic rings. The van der Waals surface area contributed by atoms with E-state index in [1.54, 1.807) is 4.31 Å². The second kappa shape index (κ2) is 7.21. The Morgan fingerprint density at radius 2 is 1.52 bits per heavy atom. The van der Waals surface area contributed by atoms with Crippen molar-refractivity contribution >= 4 is 15.9 Å². The first-order valence-electron chi connectivity index (χ1n) is 9.92. The molecular weight excluding hydrogens is 360 g/mol. The van der Waals surface area contributed by atoms with E-state index in [1.807, 2.05) is 30.9 Å². The van der Waals surface area contributed by atoms with Crippen LogP contribution in [0.3, 0.4) is 0 Å². The van der Waals surface area contributed by atoms with Crippen LogP contribution in [0.4, 0.5) is 0 Å². The van der Waals surface area contributed by atoms with Gasteiger partial charge in [-0.05, 0) is 48.8 Å². The van der Waals surface area contributed by atoms with Gasteiger partial charge in [-0.25, -0.2) is 8.42 Å². The van der Waals surface area contributed by atoms with Gasteiger partial charge in [0.25, 0.3) is 0 Å². The van der Waals surface area contributed by atoms with Crippen molar-refractivity contribution in [3.8, 4) is 0 Å². The quantitative estimate of drug-likeness (QED) is 0.793. The van der Waals surface area contributed by atoms with Crippen LogP contribution in [-0.4, -0.2) is 49.7 Å². The van der Waals surface area contributed by atoms with Crippen LogP contribution in [0.15, 0.2) is 17.0 Å². The standard InChI is InChI=1S/C21H32N2O3S/c1-15-13-18(21(3,4)5)14-16(2)19(15)27(25,26)23-11-9-22(10-12-23)20(24)17-7-6-8-17/h13-14,17H,6-12H2,1-5H3. The molecule has 1 saturated heterocycles. The Kier molecular flexibility index (Phi) is 5.43. The molecule has 0 atom stereocenters. The van der Waals surface area contributed by atoms with Gasteiger partial charge in [0, 0.05) is 32.1 Å². The normalized spacial score (nSPS) is 19.8. The zero-order valence-electron chi connectivity index (χ0n) is 17.2. The van der Waals surface area contributed by atoms with Crippen molar-refractivity contribution in [3.05, 3.63) is 28.8 Å². The number of carbonyl (C=O) groups excluding carboxylic acids is 1. The monoisotopic (exact) mass is 392 g/mol. The zero-order chi connectivity index (χ0) is 20.0. The van der Waals surface area contributed by atoms with E-state index in [4.69, 9.17) is 0 Å². The molecule has 0 spiro atoms. The lowest BCUT2D eigenvalue weighted by Gasteiger charge is -2.38. The number of amides is 1. The molecule has 3 rings (SSSR count). The number of aryl methyl sites for hydroxylation is 2. The molecule has 0 radical (unpaired) electrons. The van der Waals surface area contributed by atoms with Gasteiger partial charge >= 0.3 is 0 Å². The molecular formula is C21H32N2O3S. The minimum absolute atomic E-state index is 0.0225. The summed E-state index contributed by atoms with van der Waals surface area (Å²) in [5.41, 5.74) is 2.72. The molecule has 1 amide bonds. The number of benzene rings is 1. The highest BCUT2D eigenvalue weighted by molar-refractivity contribution is 7.89. The Hall–Kier alpha value is -1.40. The van der Waals surface area contributed by atoms with Crippen molar-refractivity contribution < 1.29 is 13.2 Å². The van der Waals surface area contributed by atoms with Crippen LogP contribution in [0, 0.1) is 19.8 Å². The summed E-state index contributed by atoms with van der Waals surface area (Å²) < 4.78 is 28.1. The summed E-state index contributed by atoms with van der Waals surface area (Å²) >= 11 is 0. The summed E-state index contributed by atoms with van der Waals surface area (Å²) in [5.74, 6) is 0.378. The number of sulfonamides is 1.